The van der Waals surface area contributed by atoms with Crippen LogP contribution in [0.1, 0.15) is 36.5 Å². The van der Waals surface area contributed by atoms with Gasteiger partial charge in [0.2, 0.25) is 0 Å². The fraction of sp³-hybridized carbons (Fsp3) is 0.438. The van der Waals surface area contributed by atoms with Gasteiger partial charge in [0.25, 0.3) is 5.91 Å². The predicted molar refractivity (Wildman–Crippen MR) is 80.6 cm³/mol. The molecule has 0 aliphatic carbocycles. The van der Waals surface area contributed by atoms with E-state index in [0.717, 1.165) is 35.7 Å². The number of likely N-dealkylation sites (tertiary alicyclic amines) is 1. The monoisotopic (exact) mass is 271 g/mol. The molecule has 2 aromatic rings. The summed E-state index contributed by atoms with van der Waals surface area (Å²) in [6.45, 7) is 2.66. The number of nitrogens with two attached hydrogens (primary N) is 1. The van der Waals surface area contributed by atoms with Gasteiger partial charge >= 0.3 is 0 Å². The number of piperidine rings is 1. The van der Waals surface area contributed by atoms with Gasteiger partial charge in [-0.05, 0) is 50.5 Å². The molecular formula is C16H21N3O. The molecule has 1 amide bonds. The van der Waals surface area contributed by atoms with Gasteiger partial charge in [-0.25, -0.2) is 0 Å². The van der Waals surface area contributed by atoms with Crippen LogP contribution in [0, 0.1) is 0 Å². The van der Waals surface area contributed by atoms with Crippen molar-refractivity contribution in [1.29, 1.82) is 0 Å². The van der Waals surface area contributed by atoms with E-state index in [2.05, 4.69) is 11.9 Å². The molecule has 1 fully saturated rings. The third kappa shape index (κ3) is 2.20. The Morgan fingerprint density at radius 3 is 3.05 bits per heavy atom. The molecule has 0 radical (unpaired) electrons. The molecule has 2 heterocycles. The second-order valence-corrected chi connectivity index (χ2v) is 5.66. The Labute approximate surface area is 118 Å². The SMILES string of the molecule is CC1CCCC(CN)N1C(=O)c1ccc2[nH]ccc2c1. The molecule has 1 aliphatic rings. The number of amides is 1. The Balaban J connectivity index is 1.93. The van der Waals surface area contributed by atoms with Crippen molar-refractivity contribution in [2.75, 3.05) is 6.54 Å². The summed E-state index contributed by atoms with van der Waals surface area (Å²) in [5.74, 6) is 0.107. The highest BCUT2D eigenvalue weighted by Crippen LogP contribution is 2.25. The molecule has 3 rings (SSSR count). The van der Waals surface area contributed by atoms with E-state index in [1.165, 1.54) is 0 Å². The van der Waals surface area contributed by atoms with Crippen LogP contribution in [-0.4, -0.2) is 34.4 Å². The maximum absolute atomic E-state index is 12.8. The molecular weight excluding hydrogens is 250 g/mol. The van der Waals surface area contributed by atoms with Crippen molar-refractivity contribution in [3.8, 4) is 0 Å². The first-order chi connectivity index (χ1) is 9.70. The molecule has 1 saturated heterocycles. The van der Waals surface area contributed by atoms with Crippen molar-refractivity contribution in [1.82, 2.24) is 9.88 Å². The summed E-state index contributed by atoms with van der Waals surface area (Å²) in [5.41, 5.74) is 7.66. The van der Waals surface area contributed by atoms with Crippen molar-refractivity contribution < 1.29 is 4.79 Å². The molecule has 106 valence electrons. The number of carbonyl (C=O) groups is 1. The first kappa shape index (κ1) is 13.2. The van der Waals surface area contributed by atoms with Crippen molar-refractivity contribution >= 4 is 16.8 Å². The molecule has 2 unspecified atom stereocenters. The molecule has 20 heavy (non-hydrogen) atoms. The van der Waals surface area contributed by atoms with Crippen molar-refractivity contribution in [3.05, 3.63) is 36.0 Å². The van der Waals surface area contributed by atoms with Crippen molar-refractivity contribution in [3.63, 3.8) is 0 Å². The lowest BCUT2D eigenvalue weighted by Gasteiger charge is -2.40. The lowest BCUT2D eigenvalue weighted by molar-refractivity contribution is 0.0494. The molecule has 0 saturated carbocycles. The third-order valence-electron chi connectivity index (χ3n) is 4.33. The lowest BCUT2D eigenvalue weighted by Crippen LogP contribution is -2.51. The van der Waals surface area contributed by atoms with Crippen LogP contribution in [0.2, 0.25) is 0 Å². The minimum Gasteiger partial charge on any atom is -0.361 e. The number of nitrogens with zero attached hydrogens (tertiary/aromatic N) is 1. The Bertz CT molecular complexity index is 619. The second-order valence-electron chi connectivity index (χ2n) is 5.66. The van der Waals surface area contributed by atoms with E-state index in [0.29, 0.717) is 6.54 Å². The fourth-order valence-corrected chi connectivity index (χ4v) is 3.22. The van der Waals surface area contributed by atoms with Crippen LogP contribution >= 0.6 is 0 Å². The summed E-state index contributed by atoms with van der Waals surface area (Å²) in [7, 11) is 0. The lowest BCUT2D eigenvalue weighted by atomic mass is 9.95. The van der Waals surface area contributed by atoms with E-state index in [1.54, 1.807) is 0 Å². The second kappa shape index (κ2) is 5.29. The quantitative estimate of drug-likeness (QED) is 0.881. The Kier molecular flexibility index (Phi) is 3.49. The molecule has 1 aromatic carbocycles. The number of nitrogens with one attached hydrogen (secondary N) is 1. The number of hydrogen-bond donors (Lipinski definition) is 2. The Morgan fingerprint density at radius 1 is 1.40 bits per heavy atom. The van der Waals surface area contributed by atoms with Gasteiger partial charge in [-0.3, -0.25) is 4.79 Å². The zero-order valence-electron chi connectivity index (χ0n) is 11.8. The first-order valence-corrected chi connectivity index (χ1v) is 7.30. The number of benzene rings is 1. The summed E-state index contributed by atoms with van der Waals surface area (Å²) in [6, 6.07) is 8.26. The standard InChI is InChI=1S/C16H21N3O/c1-11-3-2-4-14(10-17)19(11)16(20)13-5-6-15-12(9-13)7-8-18-15/h5-9,11,14,18H,2-4,10,17H2,1H3. The zero-order chi connectivity index (χ0) is 14.1. The van der Waals surface area contributed by atoms with Gasteiger partial charge in [-0.15, -0.1) is 0 Å². The van der Waals surface area contributed by atoms with Gasteiger partial charge in [-0.2, -0.15) is 0 Å². The Hall–Kier alpha value is -1.81. The van der Waals surface area contributed by atoms with Crippen LogP contribution in [0.25, 0.3) is 10.9 Å². The number of aromatic nitrogens is 1. The van der Waals surface area contributed by atoms with E-state index < -0.39 is 0 Å². The van der Waals surface area contributed by atoms with Crippen LogP contribution in [-0.2, 0) is 0 Å². The topological polar surface area (TPSA) is 62.1 Å². The summed E-state index contributed by atoms with van der Waals surface area (Å²) in [5, 5.41) is 1.07. The molecule has 4 nitrogen and oxygen atoms in total. The summed E-state index contributed by atoms with van der Waals surface area (Å²) in [6.07, 6.45) is 5.13. The highest BCUT2D eigenvalue weighted by molar-refractivity contribution is 5.98. The molecule has 0 spiro atoms. The van der Waals surface area contributed by atoms with E-state index in [4.69, 9.17) is 5.73 Å². The molecule has 1 aromatic heterocycles. The van der Waals surface area contributed by atoms with Crippen LogP contribution in [0.15, 0.2) is 30.5 Å². The predicted octanol–water partition coefficient (Wildman–Crippen LogP) is 2.51. The van der Waals surface area contributed by atoms with Gasteiger partial charge in [0.15, 0.2) is 0 Å². The minimum atomic E-state index is 0.107. The normalized spacial score (nSPS) is 23.2. The molecule has 2 atom stereocenters. The van der Waals surface area contributed by atoms with Crippen LogP contribution in [0.4, 0.5) is 0 Å². The fourth-order valence-electron chi connectivity index (χ4n) is 3.22. The molecule has 0 bridgehead atoms. The van der Waals surface area contributed by atoms with E-state index in [-0.39, 0.29) is 18.0 Å². The largest absolute Gasteiger partial charge is 0.361 e. The first-order valence-electron chi connectivity index (χ1n) is 7.30. The van der Waals surface area contributed by atoms with E-state index in [1.807, 2.05) is 35.4 Å². The van der Waals surface area contributed by atoms with Crippen LogP contribution in [0.3, 0.4) is 0 Å². The smallest absolute Gasteiger partial charge is 0.254 e. The zero-order valence-corrected chi connectivity index (χ0v) is 11.8. The third-order valence-corrected chi connectivity index (χ3v) is 4.33. The molecule has 1 aliphatic heterocycles. The summed E-state index contributed by atoms with van der Waals surface area (Å²) in [4.78, 5) is 17.9. The van der Waals surface area contributed by atoms with Crippen LogP contribution in [0.5, 0.6) is 0 Å². The van der Waals surface area contributed by atoms with Gasteiger partial charge in [0.1, 0.15) is 0 Å². The minimum absolute atomic E-state index is 0.107. The van der Waals surface area contributed by atoms with E-state index in [9.17, 15) is 4.79 Å². The maximum Gasteiger partial charge on any atom is 0.254 e. The molecule has 3 N–H and O–H groups in total. The van der Waals surface area contributed by atoms with Crippen molar-refractivity contribution in [2.45, 2.75) is 38.3 Å². The van der Waals surface area contributed by atoms with Crippen LogP contribution < -0.4 is 5.73 Å². The molecule has 4 heteroatoms. The van der Waals surface area contributed by atoms with Crippen molar-refractivity contribution in [2.24, 2.45) is 5.73 Å². The van der Waals surface area contributed by atoms with Gasteiger partial charge in [0, 0.05) is 41.3 Å². The number of rotatable bonds is 2. The van der Waals surface area contributed by atoms with Gasteiger partial charge < -0.3 is 15.6 Å². The maximum atomic E-state index is 12.8. The summed E-state index contributed by atoms with van der Waals surface area (Å²) >= 11 is 0. The number of carbonyl (C=O) groups excluding carboxylic acids is 1. The summed E-state index contributed by atoms with van der Waals surface area (Å²) < 4.78 is 0. The van der Waals surface area contributed by atoms with E-state index >= 15 is 0 Å². The highest BCUT2D eigenvalue weighted by atomic mass is 16.2. The van der Waals surface area contributed by atoms with Gasteiger partial charge in [-0.1, -0.05) is 0 Å². The number of H-pyrrole nitrogens is 1. The Morgan fingerprint density at radius 2 is 2.25 bits per heavy atom. The number of aromatic amines is 1. The number of fused-ring (bicyclic) bond motifs is 1. The van der Waals surface area contributed by atoms with Gasteiger partial charge in [0.05, 0.1) is 0 Å². The average Bonchev–Trinajstić information content (AvgIpc) is 2.93. The average molecular weight is 271 g/mol. The number of hydrogen-bond acceptors (Lipinski definition) is 2. The highest BCUT2D eigenvalue weighted by Gasteiger charge is 2.31.